The molecule has 1 N–H and O–H groups in total. The molecule has 1 aromatic heterocycles. The molecule has 1 aliphatic rings. The average molecular weight is 244 g/mol. The highest BCUT2D eigenvalue weighted by Gasteiger charge is 2.20. The van der Waals surface area contributed by atoms with Crippen LogP contribution in [-0.2, 0) is 6.42 Å². The molecule has 0 aliphatic carbocycles. The van der Waals surface area contributed by atoms with Gasteiger partial charge >= 0.3 is 0 Å². The SMILES string of the molecule is COc1ccc2[nH]cc(CC3CCN(C)C3)c2c1. The van der Waals surface area contributed by atoms with Crippen molar-refractivity contribution in [2.24, 2.45) is 5.92 Å². The van der Waals surface area contributed by atoms with Crippen LogP contribution in [0.15, 0.2) is 24.4 Å². The van der Waals surface area contributed by atoms with Gasteiger partial charge in [0.05, 0.1) is 7.11 Å². The number of fused-ring (bicyclic) bond motifs is 1. The number of benzene rings is 1. The van der Waals surface area contributed by atoms with Gasteiger partial charge in [-0.25, -0.2) is 0 Å². The lowest BCUT2D eigenvalue weighted by Crippen LogP contribution is -2.14. The molecule has 2 aromatic rings. The Hall–Kier alpha value is -1.48. The molecule has 2 heterocycles. The Morgan fingerprint density at radius 3 is 3.06 bits per heavy atom. The van der Waals surface area contributed by atoms with Crippen LogP contribution in [0.4, 0.5) is 0 Å². The van der Waals surface area contributed by atoms with E-state index in [-0.39, 0.29) is 0 Å². The molecule has 3 nitrogen and oxygen atoms in total. The van der Waals surface area contributed by atoms with Gasteiger partial charge in [-0.3, -0.25) is 0 Å². The van der Waals surface area contributed by atoms with Crippen LogP contribution >= 0.6 is 0 Å². The summed E-state index contributed by atoms with van der Waals surface area (Å²) in [6.07, 6.45) is 4.63. The number of aromatic nitrogens is 1. The molecular formula is C15H20N2O. The quantitative estimate of drug-likeness (QED) is 0.899. The first-order valence-electron chi connectivity index (χ1n) is 6.59. The summed E-state index contributed by atoms with van der Waals surface area (Å²) < 4.78 is 5.31. The van der Waals surface area contributed by atoms with E-state index in [1.807, 2.05) is 6.07 Å². The van der Waals surface area contributed by atoms with Crippen LogP contribution in [0.2, 0.25) is 0 Å². The first kappa shape index (κ1) is 11.6. The summed E-state index contributed by atoms with van der Waals surface area (Å²) in [5.41, 5.74) is 2.63. The molecule has 0 spiro atoms. The van der Waals surface area contributed by atoms with E-state index in [4.69, 9.17) is 4.74 Å². The summed E-state index contributed by atoms with van der Waals surface area (Å²) in [4.78, 5) is 5.77. The number of H-pyrrole nitrogens is 1. The third-order valence-corrected chi connectivity index (χ3v) is 3.97. The molecule has 0 bridgehead atoms. The Kier molecular flexibility index (Phi) is 3.00. The molecular weight excluding hydrogens is 224 g/mol. The lowest BCUT2D eigenvalue weighted by atomic mass is 9.98. The van der Waals surface area contributed by atoms with Gasteiger partial charge < -0.3 is 14.6 Å². The van der Waals surface area contributed by atoms with E-state index < -0.39 is 0 Å². The van der Waals surface area contributed by atoms with Gasteiger partial charge in [-0.15, -0.1) is 0 Å². The lowest BCUT2D eigenvalue weighted by Gasteiger charge is -2.09. The Morgan fingerprint density at radius 1 is 1.44 bits per heavy atom. The minimum atomic E-state index is 0.792. The lowest BCUT2D eigenvalue weighted by molar-refractivity contribution is 0.394. The second-order valence-electron chi connectivity index (χ2n) is 5.35. The number of hydrogen-bond acceptors (Lipinski definition) is 2. The van der Waals surface area contributed by atoms with Crippen LogP contribution in [0.25, 0.3) is 10.9 Å². The smallest absolute Gasteiger partial charge is 0.119 e. The zero-order valence-electron chi connectivity index (χ0n) is 11.1. The summed E-state index contributed by atoms with van der Waals surface area (Å²) in [5, 5.41) is 1.31. The van der Waals surface area contributed by atoms with E-state index in [0.29, 0.717) is 0 Å². The van der Waals surface area contributed by atoms with Gasteiger partial charge in [0, 0.05) is 23.6 Å². The highest BCUT2D eigenvalue weighted by atomic mass is 16.5. The first-order valence-corrected chi connectivity index (χ1v) is 6.59. The van der Waals surface area contributed by atoms with E-state index >= 15 is 0 Å². The zero-order chi connectivity index (χ0) is 12.5. The predicted octanol–water partition coefficient (Wildman–Crippen LogP) is 2.67. The highest BCUT2D eigenvalue weighted by molar-refractivity contribution is 5.84. The van der Waals surface area contributed by atoms with E-state index in [0.717, 1.165) is 18.1 Å². The molecule has 96 valence electrons. The Morgan fingerprint density at radius 2 is 2.33 bits per heavy atom. The van der Waals surface area contributed by atoms with E-state index in [9.17, 15) is 0 Å². The van der Waals surface area contributed by atoms with Gasteiger partial charge in [-0.2, -0.15) is 0 Å². The molecule has 1 aromatic carbocycles. The molecule has 1 unspecified atom stereocenters. The van der Waals surface area contributed by atoms with Crippen LogP contribution in [0.5, 0.6) is 5.75 Å². The van der Waals surface area contributed by atoms with Gasteiger partial charge in [-0.1, -0.05) is 0 Å². The normalized spacial score (nSPS) is 20.7. The van der Waals surface area contributed by atoms with Crippen molar-refractivity contribution in [3.05, 3.63) is 30.0 Å². The number of nitrogens with zero attached hydrogens (tertiary/aromatic N) is 1. The third-order valence-electron chi connectivity index (χ3n) is 3.97. The molecule has 1 saturated heterocycles. The minimum Gasteiger partial charge on any atom is -0.497 e. The Balaban J connectivity index is 1.87. The van der Waals surface area contributed by atoms with E-state index in [1.54, 1.807) is 7.11 Å². The minimum absolute atomic E-state index is 0.792. The van der Waals surface area contributed by atoms with Crippen molar-refractivity contribution in [2.45, 2.75) is 12.8 Å². The fraction of sp³-hybridized carbons (Fsp3) is 0.467. The number of methoxy groups -OCH3 is 1. The second-order valence-corrected chi connectivity index (χ2v) is 5.35. The molecule has 1 fully saturated rings. The van der Waals surface area contributed by atoms with Crippen LogP contribution in [0.1, 0.15) is 12.0 Å². The van der Waals surface area contributed by atoms with Crippen LogP contribution in [-0.4, -0.2) is 37.1 Å². The van der Waals surface area contributed by atoms with Crippen molar-refractivity contribution in [2.75, 3.05) is 27.2 Å². The standard InChI is InChI=1S/C15H20N2O/c1-17-6-5-11(10-17)7-12-9-16-15-4-3-13(18-2)8-14(12)15/h3-4,8-9,11,16H,5-7,10H2,1-2H3. The molecule has 0 radical (unpaired) electrons. The maximum atomic E-state index is 5.31. The fourth-order valence-electron chi connectivity index (χ4n) is 2.96. The molecule has 18 heavy (non-hydrogen) atoms. The maximum absolute atomic E-state index is 5.31. The Labute approximate surface area is 108 Å². The Bertz CT molecular complexity index is 546. The average Bonchev–Trinajstić information content (AvgIpc) is 2.96. The number of likely N-dealkylation sites (tertiary alicyclic amines) is 1. The molecule has 3 rings (SSSR count). The molecule has 0 saturated carbocycles. The summed E-state index contributed by atoms with van der Waals surface area (Å²) in [7, 11) is 3.93. The number of ether oxygens (including phenoxy) is 1. The van der Waals surface area contributed by atoms with Gasteiger partial charge in [0.15, 0.2) is 0 Å². The molecule has 3 heteroatoms. The largest absolute Gasteiger partial charge is 0.497 e. The highest BCUT2D eigenvalue weighted by Crippen LogP contribution is 2.27. The van der Waals surface area contributed by atoms with Crippen LogP contribution in [0.3, 0.4) is 0 Å². The molecule has 1 aliphatic heterocycles. The summed E-state index contributed by atoms with van der Waals surface area (Å²) in [5.74, 6) is 1.73. The monoisotopic (exact) mass is 244 g/mol. The number of nitrogens with one attached hydrogen (secondary N) is 1. The van der Waals surface area contributed by atoms with Crippen molar-refractivity contribution in [1.82, 2.24) is 9.88 Å². The van der Waals surface area contributed by atoms with Gasteiger partial charge in [0.1, 0.15) is 5.75 Å². The van der Waals surface area contributed by atoms with Crippen molar-refractivity contribution >= 4 is 10.9 Å². The summed E-state index contributed by atoms with van der Waals surface area (Å²) >= 11 is 0. The molecule has 0 amide bonds. The summed E-state index contributed by atoms with van der Waals surface area (Å²) in [6.45, 7) is 2.45. The predicted molar refractivity (Wildman–Crippen MR) is 74.2 cm³/mol. The van der Waals surface area contributed by atoms with E-state index in [2.05, 4.69) is 35.3 Å². The fourth-order valence-corrected chi connectivity index (χ4v) is 2.96. The maximum Gasteiger partial charge on any atom is 0.119 e. The number of aromatic amines is 1. The van der Waals surface area contributed by atoms with Crippen molar-refractivity contribution in [3.8, 4) is 5.75 Å². The second kappa shape index (κ2) is 4.65. The zero-order valence-corrected chi connectivity index (χ0v) is 11.1. The van der Waals surface area contributed by atoms with Crippen LogP contribution in [0, 0.1) is 5.92 Å². The topological polar surface area (TPSA) is 28.3 Å². The molecule has 1 atom stereocenters. The first-order chi connectivity index (χ1) is 8.76. The van der Waals surface area contributed by atoms with Crippen molar-refractivity contribution in [3.63, 3.8) is 0 Å². The van der Waals surface area contributed by atoms with Gasteiger partial charge in [0.25, 0.3) is 0 Å². The number of rotatable bonds is 3. The van der Waals surface area contributed by atoms with Gasteiger partial charge in [0.2, 0.25) is 0 Å². The van der Waals surface area contributed by atoms with Crippen LogP contribution < -0.4 is 4.74 Å². The van der Waals surface area contributed by atoms with Crippen molar-refractivity contribution < 1.29 is 4.74 Å². The van der Waals surface area contributed by atoms with Crippen molar-refractivity contribution in [1.29, 1.82) is 0 Å². The summed E-state index contributed by atoms with van der Waals surface area (Å²) in [6, 6.07) is 6.24. The van der Waals surface area contributed by atoms with Gasteiger partial charge in [-0.05, 0) is 56.1 Å². The third kappa shape index (κ3) is 2.10. The van der Waals surface area contributed by atoms with E-state index in [1.165, 1.54) is 36.0 Å². The number of hydrogen-bond donors (Lipinski definition) is 1.